The maximum Gasteiger partial charge on any atom is 0.102 e. The van der Waals surface area contributed by atoms with Crippen LogP contribution in [0.25, 0.3) is 0 Å². The molecule has 0 aliphatic heterocycles. The molecule has 2 aromatic rings. The van der Waals surface area contributed by atoms with Crippen LogP contribution >= 0.6 is 0 Å². The van der Waals surface area contributed by atoms with E-state index in [1.54, 1.807) is 24.8 Å². The first-order valence-corrected chi connectivity index (χ1v) is 3.71. The molecule has 0 aliphatic rings. The molecule has 0 radical (unpaired) electrons. The van der Waals surface area contributed by atoms with Crippen molar-refractivity contribution in [2.45, 2.75) is 13.8 Å². The van der Waals surface area contributed by atoms with Crippen molar-refractivity contribution in [1.29, 1.82) is 0 Å². The summed E-state index contributed by atoms with van der Waals surface area (Å²) >= 11 is 0. The SMILES string of the molecule is Cc1ncc[nH]1.Cc1ncc[nH]1.[Zn]. The summed E-state index contributed by atoms with van der Waals surface area (Å²) in [6.45, 7) is 3.83. The number of nitrogens with zero attached hydrogens (tertiary/aromatic N) is 2. The molecule has 2 rings (SSSR count). The Balaban J connectivity index is 0.000000206. The van der Waals surface area contributed by atoms with Crippen LogP contribution in [0.1, 0.15) is 11.6 Å². The molecule has 0 fully saturated rings. The molecule has 0 aromatic carbocycles. The Hall–Kier alpha value is -0.957. The number of imidazole rings is 2. The van der Waals surface area contributed by atoms with Crippen LogP contribution in [0.5, 0.6) is 0 Å². The fourth-order valence-corrected chi connectivity index (χ4v) is 0.688. The molecule has 4 nitrogen and oxygen atoms in total. The Labute approximate surface area is 90.0 Å². The number of H-pyrrole nitrogens is 2. The number of hydrogen-bond donors (Lipinski definition) is 2. The molecule has 0 aliphatic carbocycles. The summed E-state index contributed by atoms with van der Waals surface area (Å²) in [4.78, 5) is 13.5. The van der Waals surface area contributed by atoms with Gasteiger partial charge in [-0.15, -0.1) is 0 Å². The zero-order valence-electron chi connectivity index (χ0n) is 7.91. The van der Waals surface area contributed by atoms with Gasteiger partial charge in [0.25, 0.3) is 0 Å². The Bertz CT molecular complexity index is 256. The molecule has 0 spiro atoms. The Morgan fingerprint density at radius 1 is 0.923 bits per heavy atom. The fourth-order valence-electron chi connectivity index (χ4n) is 0.688. The van der Waals surface area contributed by atoms with Crippen molar-refractivity contribution in [1.82, 2.24) is 19.9 Å². The van der Waals surface area contributed by atoms with E-state index in [0.717, 1.165) is 11.6 Å². The standard InChI is InChI=1S/2C4H6N2.Zn/c2*1-4-5-2-3-6-4;/h2*2-3H,1H3,(H,5,6);. The Morgan fingerprint density at radius 2 is 1.31 bits per heavy atom. The summed E-state index contributed by atoms with van der Waals surface area (Å²) in [6, 6.07) is 0. The van der Waals surface area contributed by atoms with Crippen molar-refractivity contribution < 1.29 is 19.5 Å². The minimum atomic E-state index is 0. The molecular formula is C8H12N4Zn. The second-order valence-corrected chi connectivity index (χ2v) is 2.35. The number of aromatic nitrogens is 4. The van der Waals surface area contributed by atoms with E-state index in [9.17, 15) is 0 Å². The maximum atomic E-state index is 3.86. The number of nitrogens with one attached hydrogen (secondary N) is 2. The third-order valence-electron chi connectivity index (χ3n) is 1.27. The van der Waals surface area contributed by atoms with Crippen LogP contribution in [-0.2, 0) is 19.5 Å². The van der Waals surface area contributed by atoms with Crippen molar-refractivity contribution in [2.24, 2.45) is 0 Å². The van der Waals surface area contributed by atoms with Gasteiger partial charge < -0.3 is 9.97 Å². The first kappa shape index (κ1) is 12.0. The molecule has 0 unspecified atom stereocenters. The van der Waals surface area contributed by atoms with Crippen LogP contribution in [0.4, 0.5) is 0 Å². The topological polar surface area (TPSA) is 57.4 Å². The van der Waals surface area contributed by atoms with Gasteiger partial charge in [0.2, 0.25) is 0 Å². The number of hydrogen-bond acceptors (Lipinski definition) is 2. The van der Waals surface area contributed by atoms with Gasteiger partial charge in [-0.2, -0.15) is 0 Å². The van der Waals surface area contributed by atoms with Crippen molar-refractivity contribution >= 4 is 0 Å². The molecule has 13 heavy (non-hydrogen) atoms. The average Bonchev–Trinajstić information content (AvgIpc) is 2.63. The second-order valence-electron chi connectivity index (χ2n) is 2.35. The summed E-state index contributed by atoms with van der Waals surface area (Å²) in [5, 5.41) is 0. The van der Waals surface area contributed by atoms with Gasteiger partial charge in [-0.05, 0) is 13.8 Å². The van der Waals surface area contributed by atoms with Gasteiger partial charge in [-0.25, -0.2) is 9.97 Å². The predicted octanol–water partition coefficient (Wildman–Crippen LogP) is 1.43. The van der Waals surface area contributed by atoms with Crippen molar-refractivity contribution in [3.8, 4) is 0 Å². The molecule has 0 atom stereocenters. The van der Waals surface area contributed by atoms with Crippen LogP contribution < -0.4 is 0 Å². The van der Waals surface area contributed by atoms with Crippen molar-refractivity contribution in [3.05, 3.63) is 36.4 Å². The average molecular weight is 230 g/mol. The molecular weight excluding hydrogens is 218 g/mol. The summed E-state index contributed by atoms with van der Waals surface area (Å²) in [5.41, 5.74) is 0. The number of aryl methyl sites for hydroxylation is 2. The third kappa shape index (κ3) is 5.31. The molecule has 66 valence electrons. The van der Waals surface area contributed by atoms with E-state index in [1.165, 1.54) is 0 Å². The van der Waals surface area contributed by atoms with Gasteiger partial charge in [0, 0.05) is 44.3 Å². The maximum absolute atomic E-state index is 3.86. The fraction of sp³-hybridized carbons (Fsp3) is 0.250. The second kappa shape index (κ2) is 6.55. The molecule has 0 saturated heterocycles. The van der Waals surface area contributed by atoms with Gasteiger partial charge in [-0.1, -0.05) is 0 Å². The van der Waals surface area contributed by atoms with Crippen LogP contribution in [0.3, 0.4) is 0 Å². The van der Waals surface area contributed by atoms with E-state index in [2.05, 4.69) is 19.9 Å². The van der Waals surface area contributed by atoms with Crippen molar-refractivity contribution in [2.75, 3.05) is 0 Å². The zero-order valence-corrected chi connectivity index (χ0v) is 10.9. The van der Waals surface area contributed by atoms with E-state index in [-0.39, 0.29) is 19.5 Å². The molecule has 0 amide bonds. The zero-order chi connectivity index (χ0) is 8.81. The number of aromatic amines is 2. The van der Waals surface area contributed by atoms with E-state index < -0.39 is 0 Å². The summed E-state index contributed by atoms with van der Waals surface area (Å²) in [5.74, 6) is 1.94. The first-order chi connectivity index (χ1) is 5.79. The third-order valence-corrected chi connectivity index (χ3v) is 1.27. The molecule has 2 heterocycles. The predicted molar refractivity (Wildman–Crippen MR) is 46.6 cm³/mol. The van der Waals surface area contributed by atoms with Gasteiger partial charge >= 0.3 is 0 Å². The Kier molecular flexibility index (Phi) is 6.07. The van der Waals surface area contributed by atoms with E-state index in [4.69, 9.17) is 0 Å². The minimum absolute atomic E-state index is 0. The van der Waals surface area contributed by atoms with Crippen molar-refractivity contribution in [3.63, 3.8) is 0 Å². The van der Waals surface area contributed by atoms with E-state index in [0.29, 0.717) is 0 Å². The van der Waals surface area contributed by atoms with Gasteiger partial charge in [-0.3, -0.25) is 0 Å². The molecule has 2 N–H and O–H groups in total. The molecule has 5 heteroatoms. The van der Waals surface area contributed by atoms with Gasteiger partial charge in [0.05, 0.1) is 0 Å². The van der Waals surface area contributed by atoms with Crippen LogP contribution in [0.15, 0.2) is 24.8 Å². The normalized spacial score (nSPS) is 8.15. The van der Waals surface area contributed by atoms with Crippen LogP contribution in [-0.4, -0.2) is 19.9 Å². The van der Waals surface area contributed by atoms with Crippen LogP contribution in [0.2, 0.25) is 0 Å². The molecule has 2 aromatic heterocycles. The summed E-state index contributed by atoms with van der Waals surface area (Å²) < 4.78 is 0. The quantitative estimate of drug-likeness (QED) is 0.672. The van der Waals surface area contributed by atoms with E-state index >= 15 is 0 Å². The minimum Gasteiger partial charge on any atom is -0.349 e. The first-order valence-electron chi connectivity index (χ1n) is 3.71. The molecule has 0 bridgehead atoms. The smallest absolute Gasteiger partial charge is 0.102 e. The van der Waals surface area contributed by atoms with Crippen LogP contribution in [0, 0.1) is 13.8 Å². The number of rotatable bonds is 0. The molecule has 0 saturated carbocycles. The summed E-state index contributed by atoms with van der Waals surface area (Å²) in [6.07, 6.45) is 7.06. The van der Waals surface area contributed by atoms with Gasteiger partial charge in [0.15, 0.2) is 0 Å². The Morgan fingerprint density at radius 3 is 1.38 bits per heavy atom. The monoisotopic (exact) mass is 228 g/mol. The van der Waals surface area contributed by atoms with E-state index in [1.807, 2.05) is 13.8 Å². The summed E-state index contributed by atoms with van der Waals surface area (Å²) in [7, 11) is 0. The van der Waals surface area contributed by atoms with Gasteiger partial charge in [0.1, 0.15) is 11.6 Å². The largest absolute Gasteiger partial charge is 0.349 e.